The van der Waals surface area contributed by atoms with Gasteiger partial charge in [-0.05, 0) is 36.2 Å². The highest BCUT2D eigenvalue weighted by atomic mass is 32.1. The number of aryl methyl sites for hydroxylation is 1. The molecular weight excluding hydrogens is 404 g/mol. The van der Waals surface area contributed by atoms with Crippen LogP contribution in [0.5, 0.6) is 0 Å². The smallest absolute Gasteiger partial charge is 0.341 e. The molecule has 0 radical (unpaired) electrons. The fraction of sp³-hybridized carbons (Fsp3) is 0.200. The number of hydrogen-bond acceptors (Lipinski definition) is 8. The Morgan fingerprint density at radius 2 is 2.03 bits per heavy atom. The summed E-state index contributed by atoms with van der Waals surface area (Å²) >= 11 is 1.10. The van der Waals surface area contributed by atoms with Gasteiger partial charge >= 0.3 is 5.97 Å². The summed E-state index contributed by atoms with van der Waals surface area (Å²) < 4.78 is 5.53. The van der Waals surface area contributed by atoms with Crippen molar-refractivity contribution in [3.63, 3.8) is 0 Å². The van der Waals surface area contributed by atoms with Crippen LogP contribution in [0, 0.1) is 6.92 Å². The van der Waals surface area contributed by atoms with Crippen LogP contribution in [0.4, 0.5) is 5.82 Å². The van der Waals surface area contributed by atoms with Gasteiger partial charge in [-0.1, -0.05) is 0 Å². The number of fused-ring (bicyclic) bond motifs is 1. The Balaban J connectivity index is 1.61. The largest absolute Gasteiger partial charge is 0.477 e. The number of carbonyl (C=O) groups is 1. The summed E-state index contributed by atoms with van der Waals surface area (Å²) in [6.45, 7) is 3.40. The molecule has 5 rings (SSSR count). The molecule has 0 aliphatic carbocycles. The standard InChI is InChI=1S/C20H16N6O3S/c1-11-6-15(25-7-13(8-25)12-2-4-21-5-3-12)24-18-16(11)17(27)14(19(28)29)9-26(18)20-22-10-23-30-20/h2-6,9-10,13H,7-8H2,1H3,(H,28,29). The average Bonchev–Trinajstić information content (AvgIpc) is 3.22. The number of carboxylic acids is 1. The number of nitrogens with zero attached hydrogens (tertiary/aromatic N) is 6. The number of rotatable bonds is 4. The zero-order chi connectivity index (χ0) is 20.8. The molecule has 0 saturated carbocycles. The van der Waals surface area contributed by atoms with Gasteiger partial charge in [0, 0.05) is 49.1 Å². The van der Waals surface area contributed by atoms with Gasteiger partial charge in [0.15, 0.2) is 5.65 Å². The lowest BCUT2D eigenvalue weighted by molar-refractivity contribution is 0.0695. The molecule has 1 saturated heterocycles. The molecule has 1 N–H and O–H groups in total. The molecule has 1 aliphatic heterocycles. The molecule has 4 aromatic rings. The first-order chi connectivity index (χ1) is 14.5. The number of aromatic nitrogens is 5. The minimum atomic E-state index is -1.29. The third-order valence-electron chi connectivity index (χ3n) is 5.31. The second-order valence-electron chi connectivity index (χ2n) is 7.15. The van der Waals surface area contributed by atoms with Crippen molar-refractivity contribution in [1.82, 2.24) is 23.9 Å². The van der Waals surface area contributed by atoms with E-state index in [1.165, 1.54) is 22.7 Å². The molecule has 0 amide bonds. The number of hydrogen-bond donors (Lipinski definition) is 1. The molecule has 10 heteroatoms. The first kappa shape index (κ1) is 18.4. The van der Waals surface area contributed by atoms with Crippen LogP contribution in [0.25, 0.3) is 16.2 Å². The Bertz CT molecular complexity index is 1310. The molecule has 0 spiro atoms. The van der Waals surface area contributed by atoms with E-state index in [-0.39, 0.29) is 10.9 Å². The Kier molecular flexibility index (Phi) is 4.28. The number of aromatic carboxylic acids is 1. The summed E-state index contributed by atoms with van der Waals surface area (Å²) in [4.78, 5) is 39.5. The summed E-state index contributed by atoms with van der Waals surface area (Å²) in [5, 5.41) is 10.2. The third-order valence-corrected chi connectivity index (χ3v) is 5.98. The van der Waals surface area contributed by atoms with Crippen molar-refractivity contribution in [1.29, 1.82) is 0 Å². The van der Waals surface area contributed by atoms with Crippen molar-refractivity contribution >= 4 is 34.4 Å². The molecule has 4 aromatic heterocycles. The van der Waals surface area contributed by atoms with Crippen LogP contribution in [-0.4, -0.2) is 48.1 Å². The van der Waals surface area contributed by atoms with Crippen LogP contribution in [0.3, 0.4) is 0 Å². The highest BCUT2D eigenvalue weighted by Gasteiger charge is 2.30. The highest BCUT2D eigenvalue weighted by Crippen LogP contribution is 2.32. The van der Waals surface area contributed by atoms with Gasteiger partial charge in [0.1, 0.15) is 17.7 Å². The topological polar surface area (TPSA) is 114 Å². The SMILES string of the molecule is Cc1cc(N2CC(c3ccncc3)C2)nc2c1c(=O)c(C(=O)O)cn2-c1ncns1. The van der Waals surface area contributed by atoms with Gasteiger partial charge in [-0.2, -0.15) is 4.37 Å². The molecule has 0 bridgehead atoms. The number of anilines is 1. The lowest BCUT2D eigenvalue weighted by Crippen LogP contribution is -2.45. The predicted molar refractivity (Wildman–Crippen MR) is 112 cm³/mol. The Morgan fingerprint density at radius 3 is 2.70 bits per heavy atom. The molecule has 0 aromatic carbocycles. The van der Waals surface area contributed by atoms with E-state index in [0.717, 1.165) is 30.4 Å². The summed E-state index contributed by atoms with van der Waals surface area (Å²) in [6, 6.07) is 5.87. The molecule has 5 heterocycles. The van der Waals surface area contributed by atoms with Crippen LogP contribution in [-0.2, 0) is 0 Å². The van der Waals surface area contributed by atoms with E-state index >= 15 is 0 Å². The van der Waals surface area contributed by atoms with Crippen molar-refractivity contribution in [3.05, 3.63) is 70.0 Å². The van der Waals surface area contributed by atoms with Gasteiger partial charge < -0.3 is 10.0 Å². The molecule has 30 heavy (non-hydrogen) atoms. The lowest BCUT2D eigenvalue weighted by Gasteiger charge is -2.40. The lowest BCUT2D eigenvalue weighted by atomic mass is 9.92. The van der Waals surface area contributed by atoms with Gasteiger partial charge in [0.2, 0.25) is 10.6 Å². The van der Waals surface area contributed by atoms with Gasteiger partial charge in [-0.25, -0.2) is 14.8 Å². The van der Waals surface area contributed by atoms with Gasteiger partial charge in [-0.3, -0.25) is 14.3 Å². The fourth-order valence-corrected chi connectivity index (χ4v) is 4.23. The van der Waals surface area contributed by atoms with E-state index in [4.69, 9.17) is 4.98 Å². The van der Waals surface area contributed by atoms with Gasteiger partial charge in [-0.15, -0.1) is 0 Å². The van der Waals surface area contributed by atoms with Crippen molar-refractivity contribution in [2.45, 2.75) is 12.8 Å². The Morgan fingerprint density at radius 1 is 1.27 bits per heavy atom. The second-order valence-corrected chi connectivity index (χ2v) is 7.91. The molecule has 1 fully saturated rings. The van der Waals surface area contributed by atoms with Crippen LogP contribution < -0.4 is 10.3 Å². The quantitative estimate of drug-likeness (QED) is 0.535. The normalized spacial score (nSPS) is 14.1. The number of carboxylic acid groups (broad SMARTS) is 1. The summed E-state index contributed by atoms with van der Waals surface area (Å²) in [5.41, 5.74) is 1.42. The van der Waals surface area contributed by atoms with Crippen molar-refractivity contribution in [3.8, 4) is 5.13 Å². The third kappa shape index (κ3) is 2.92. The fourth-order valence-electron chi connectivity index (χ4n) is 3.72. The second kappa shape index (κ2) is 6.99. The number of pyridine rings is 3. The predicted octanol–water partition coefficient (Wildman–Crippen LogP) is 2.24. The Hall–Kier alpha value is -3.66. The summed E-state index contributed by atoms with van der Waals surface area (Å²) in [6.07, 6.45) is 6.24. The zero-order valence-corrected chi connectivity index (χ0v) is 16.7. The molecule has 9 nitrogen and oxygen atoms in total. The van der Waals surface area contributed by atoms with E-state index < -0.39 is 11.4 Å². The summed E-state index contributed by atoms with van der Waals surface area (Å²) in [7, 11) is 0. The molecule has 1 aliphatic rings. The maximum absolute atomic E-state index is 12.8. The monoisotopic (exact) mass is 420 g/mol. The van der Waals surface area contributed by atoms with Crippen LogP contribution in [0.1, 0.15) is 27.4 Å². The van der Waals surface area contributed by atoms with Gasteiger partial charge in [0.05, 0.1) is 5.39 Å². The van der Waals surface area contributed by atoms with Crippen molar-refractivity contribution in [2.24, 2.45) is 0 Å². The zero-order valence-electron chi connectivity index (χ0n) is 15.9. The van der Waals surface area contributed by atoms with Crippen LogP contribution >= 0.6 is 11.5 Å². The molecule has 0 unspecified atom stereocenters. The Labute approximate surface area is 174 Å². The van der Waals surface area contributed by atoms with Crippen LogP contribution in [0.2, 0.25) is 0 Å². The summed E-state index contributed by atoms with van der Waals surface area (Å²) in [5.74, 6) is -0.150. The molecular formula is C20H16N6O3S. The van der Waals surface area contributed by atoms with E-state index in [1.807, 2.05) is 18.2 Å². The van der Waals surface area contributed by atoms with Crippen molar-refractivity contribution in [2.75, 3.05) is 18.0 Å². The molecule has 150 valence electrons. The maximum Gasteiger partial charge on any atom is 0.341 e. The highest BCUT2D eigenvalue weighted by molar-refractivity contribution is 7.08. The maximum atomic E-state index is 12.8. The van der Waals surface area contributed by atoms with Crippen molar-refractivity contribution < 1.29 is 9.90 Å². The van der Waals surface area contributed by atoms with Crippen LogP contribution in [0.15, 0.2) is 47.9 Å². The molecule has 0 atom stereocenters. The first-order valence-electron chi connectivity index (χ1n) is 9.25. The van der Waals surface area contributed by atoms with E-state index in [2.05, 4.69) is 19.2 Å². The van der Waals surface area contributed by atoms with Gasteiger partial charge in [0.25, 0.3) is 0 Å². The van der Waals surface area contributed by atoms with E-state index in [9.17, 15) is 14.7 Å². The van der Waals surface area contributed by atoms with E-state index in [1.54, 1.807) is 19.3 Å². The minimum absolute atomic E-state index is 0.278. The van der Waals surface area contributed by atoms with E-state index in [0.29, 0.717) is 22.3 Å². The average molecular weight is 420 g/mol. The minimum Gasteiger partial charge on any atom is -0.477 e. The first-order valence-corrected chi connectivity index (χ1v) is 10.0.